The minimum Gasteiger partial charge on any atom is -0.493 e. The number of esters is 1. The number of carbonyl (C=O) groups is 2. The van der Waals surface area contributed by atoms with Gasteiger partial charge >= 0.3 is 5.97 Å². The molecule has 1 saturated carbocycles. The number of nitrogens with one attached hydrogen (secondary N) is 1. The summed E-state index contributed by atoms with van der Waals surface area (Å²) in [4.78, 5) is 24.1. The van der Waals surface area contributed by atoms with Gasteiger partial charge in [0.05, 0.1) is 19.0 Å². The van der Waals surface area contributed by atoms with E-state index in [-0.39, 0.29) is 24.2 Å². The molecule has 132 valence electrons. The van der Waals surface area contributed by atoms with Crippen molar-refractivity contribution < 1.29 is 19.1 Å². The van der Waals surface area contributed by atoms with Gasteiger partial charge in [0.15, 0.2) is 12.4 Å². The van der Waals surface area contributed by atoms with Gasteiger partial charge in [0.1, 0.15) is 0 Å². The Morgan fingerprint density at radius 3 is 2.68 bits per heavy atom. The van der Waals surface area contributed by atoms with Gasteiger partial charge in [-0.15, -0.1) is 0 Å². The van der Waals surface area contributed by atoms with E-state index in [0.717, 1.165) is 18.5 Å². The maximum atomic E-state index is 12.2. The van der Waals surface area contributed by atoms with E-state index in [1.807, 2.05) is 37.3 Å². The number of benzene rings is 1. The Morgan fingerprint density at radius 1 is 1.32 bits per heavy atom. The number of carbonyl (C=O) groups excluding carboxylic acids is 2. The molecule has 0 spiro atoms. The molecular formula is C18H21N3O4. The molecule has 1 aliphatic rings. The molecule has 7 nitrogen and oxygen atoms in total. The highest BCUT2D eigenvalue weighted by atomic mass is 16.5. The summed E-state index contributed by atoms with van der Waals surface area (Å²) in [6, 6.07) is 9.45. The number of aromatic nitrogens is 2. The zero-order chi connectivity index (χ0) is 17.8. The lowest BCUT2D eigenvalue weighted by Crippen LogP contribution is -2.37. The smallest absolute Gasteiger partial charge is 0.363 e. The first-order valence-electron chi connectivity index (χ1n) is 8.24. The van der Waals surface area contributed by atoms with Crippen LogP contribution in [0.2, 0.25) is 0 Å². The third-order valence-corrected chi connectivity index (χ3v) is 4.17. The van der Waals surface area contributed by atoms with E-state index in [0.29, 0.717) is 11.7 Å². The fourth-order valence-electron chi connectivity index (χ4n) is 2.57. The van der Waals surface area contributed by atoms with Crippen LogP contribution in [-0.2, 0) is 9.53 Å². The quantitative estimate of drug-likeness (QED) is 0.777. The summed E-state index contributed by atoms with van der Waals surface area (Å²) in [6.45, 7) is 1.62. The molecule has 0 saturated heterocycles. The van der Waals surface area contributed by atoms with E-state index < -0.39 is 5.97 Å². The van der Waals surface area contributed by atoms with Crippen LogP contribution in [0.15, 0.2) is 36.5 Å². The first kappa shape index (κ1) is 17.0. The van der Waals surface area contributed by atoms with Crippen LogP contribution in [0.1, 0.15) is 30.3 Å². The number of amides is 1. The SMILES string of the molecule is COc1cn(-c2ccccc2)nc1C(=O)OCC(=O)N[C@@H](C)C1CC1. The molecule has 1 aliphatic carbocycles. The number of hydrogen-bond acceptors (Lipinski definition) is 5. The summed E-state index contributed by atoms with van der Waals surface area (Å²) in [7, 11) is 1.45. The van der Waals surface area contributed by atoms with E-state index >= 15 is 0 Å². The number of rotatable bonds is 7. The van der Waals surface area contributed by atoms with Crippen molar-refractivity contribution in [2.45, 2.75) is 25.8 Å². The predicted molar refractivity (Wildman–Crippen MR) is 90.7 cm³/mol. The van der Waals surface area contributed by atoms with Crippen molar-refractivity contribution in [1.82, 2.24) is 15.1 Å². The van der Waals surface area contributed by atoms with E-state index in [1.54, 1.807) is 6.20 Å². The first-order valence-corrected chi connectivity index (χ1v) is 8.24. The van der Waals surface area contributed by atoms with Crippen LogP contribution < -0.4 is 10.1 Å². The van der Waals surface area contributed by atoms with Gasteiger partial charge in [-0.3, -0.25) is 4.79 Å². The normalized spacial score (nSPS) is 14.6. The van der Waals surface area contributed by atoms with E-state index in [9.17, 15) is 9.59 Å². The molecule has 3 rings (SSSR count). The Hall–Kier alpha value is -2.83. The molecule has 1 amide bonds. The van der Waals surface area contributed by atoms with Gasteiger partial charge in [-0.25, -0.2) is 9.48 Å². The minimum absolute atomic E-state index is 0.0365. The van der Waals surface area contributed by atoms with Gasteiger partial charge in [-0.05, 0) is 37.8 Å². The summed E-state index contributed by atoms with van der Waals surface area (Å²) < 4.78 is 11.8. The lowest BCUT2D eigenvalue weighted by atomic mass is 10.2. The van der Waals surface area contributed by atoms with Gasteiger partial charge in [-0.2, -0.15) is 5.10 Å². The third-order valence-electron chi connectivity index (χ3n) is 4.17. The summed E-state index contributed by atoms with van der Waals surface area (Å²) in [6.07, 6.45) is 3.87. The van der Waals surface area contributed by atoms with Crippen molar-refractivity contribution in [3.63, 3.8) is 0 Å². The second kappa shape index (κ2) is 7.38. The van der Waals surface area contributed by atoms with Crippen molar-refractivity contribution in [2.24, 2.45) is 5.92 Å². The van der Waals surface area contributed by atoms with Gasteiger partial charge in [0.25, 0.3) is 5.91 Å². The molecule has 1 N–H and O–H groups in total. The van der Waals surface area contributed by atoms with Crippen molar-refractivity contribution in [3.05, 3.63) is 42.2 Å². The molecule has 1 heterocycles. The molecule has 1 fully saturated rings. The lowest BCUT2D eigenvalue weighted by molar-refractivity contribution is -0.125. The Balaban J connectivity index is 1.63. The monoisotopic (exact) mass is 343 g/mol. The average Bonchev–Trinajstić information content (AvgIpc) is 3.39. The minimum atomic E-state index is -0.694. The molecule has 0 radical (unpaired) electrons. The number of methoxy groups -OCH3 is 1. The Kier molecular flexibility index (Phi) is 5.02. The van der Waals surface area contributed by atoms with Gasteiger partial charge < -0.3 is 14.8 Å². The molecule has 25 heavy (non-hydrogen) atoms. The summed E-state index contributed by atoms with van der Waals surface area (Å²) in [5.74, 6) is -0.170. The standard InChI is InChI=1S/C18H21N3O4/c1-12(13-8-9-13)19-16(22)11-25-18(23)17-15(24-2)10-21(20-17)14-6-4-3-5-7-14/h3-7,10,12-13H,8-9,11H2,1-2H3,(H,19,22)/t12-/m0/s1. The van der Waals surface area contributed by atoms with Crippen molar-refractivity contribution >= 4 is 11.9 Å². The summed E-state index contributed by atoms with van der Waals surface area (Å²) in [5.41, 5.74) is 0.824. The van der Waals surface area contributed by atoms with Crippen LogP contribution in [0.3, 0.4) is 0 Å². The van der Waals surface area contributed by atoms with Crippen LogP contribution in [0, 0.1) is 5.92 Å². The fraction of sp³-hybridized carbons (Fsp3) is 0.389. The van der Waals surface area contributed by atoms with E-state index in [4.69, 9.17) is 9.47 Å². The number of ether oxygens (including phenoxy) is 2. The maximum Gasteiger partial charge on any atom is 0.363 e. The molecule has 1 aromatic heterocycles. The zero-order valence-corrected chi connectivity index (χ0v) is 14.3. The largest absolute Gasteiger partial charge is 0.493 e. The molecule has 0 bridgehead atoms. The van der Waals surface area contributed by atoms with Crippen molar-refractivity contribution in [1.29, 1.82) is 0 Å². The van der Waals surface area contributed by atoms with Crippen molar-refractivity contribution in [3.8, 4) is 11.4 Å². The predicted octanol–water partition coefficient (Wildman–Crippen LogP) is 1.95. The summed E-state index contributed by atoms with van der Waals surface area (Å²) in [5, 5.41) is 7.05. The maximum absolute atomic E-state index is 12.2. The number of nitrogens with zero attached hydrogens (tertiary/aromatic N) is 2. The van der Waals surface area contributed by atoms with Crippen LogP contribution in [0.5, 0.6) is 5.75 Å². The Labute approximate surface area is 145 Å². The van der Waals surface area contributed by atoms with Crippen molar-refractivity contribution in [2.75, 3.05) is 13.7 Å². The lowest BCUT2D eigenvalue weighted by Gasteiger charge is -2.12. The topological polar surface area (TPSA) is 82.5 Å². The third kappa shape index (κ3) is 4.17. The van der Waals surface area contributed by atoms with Crippen LogP contribution >= 0.6 is 0 Å². The van der Waals surface area contributed by atoms with E-state index in [1.165, 1.54) is 11.8 Å². The molecule has 7 heteroatoms. The zero-order valence-electron chi connectivity index (χ0n) is 14.3. The summed E-state index contributed by atoms with van der Waals surface area (Å²) >= 11 is 0. The van der Waals surface area contributed by atoms with Crippen LogP contribution in [0.25, 0.3) is 5.69 Å². The average molecular weight is 343 g/mol. The van der Waals surface area contributed by atoms with Crippen LogP contribution in [-0.4, -0.2) is 41.4 Å². The number of hydrogen-bond donors (Lipinski definition) is 1. The second-order valence-corrected chi connectivity index (χ2v) is 6.10. The molecule has 2 aromatic rings. The number of para-hydroxylation sites is 1. The molecule has 1 aromatic carbocycles. The highest BCUT2D eigenvalue weighted by Crippen LogP contribution is 2.32. The molecule has 1 atom stereocenters. The van der Waals surface area contributed by atoms with Gasteiger partial charge in [-0.1, -0.05) is 18.2 Å². The highest BCUT2D eigenvalue weighted by molar-refractivity contribution is 5.92. The van der Waals surface area contributed by atoms with Crippen LogP contribution in [0.4, 0.5) is 0 Å². The highest BCUT2D eigenvalue weighted by Gasteiger charge is 2.29. The van der Waals surface area contributed by atoms with Gasteiger partial charge in [0, 0.05) is 6.04 Å². The van der Waals surface area contributed by atoms with Gasteiger partial charge in [0.2, 0.25) is 5.69 Å². The Bertz CT molecular complexity index is 753. The molecule has 0 aliphatic heterocycles. The first-order chi connectivity index (χ1) is 12.1. The molecule has 0 unspecified atom stereocenters. The molecular weight excluding hydrogens is 322 g/mol. The van der Waals surface area contributed by atoms with E-state index in [2.05, 4.69) is 10.4 Å². The second-order valence-electron chi connectivity index (χ2n) is 6.10. The fourth-order valence-corrected chi connectivity index (χ4v) is 2.57. The Morgan fingerprint density at radius 2 is 2.04 bits per heavy atom.